The smallest absolute Gasteiger partial charge is 0.271 e. The summed E-state index contributed by atoms with van der Waals surface area (Å²) in [6.45, 7) is -0.0247. The minimum absolute atomic E-state index is 0. The van der Waals surface area contributed by atoms with E-state index in [1.807, 2.05) is 30.3 Å². The topological polar surface area (TPSA) is 42.0 Å². The van der Waals surface area contributed by atoms with Crippen LogP contribution in [0.2, 0.25) is 0 Å². The third kappa shape index (κ3) is 4.15. The highest BCUT2D eigenvalue weighted by atomic mass is 35.5. The van der Waals surface area contributed by atoms with Crippen molar-refractivity contribution < 1.29 is 13.6 Å². The van der Waals surface area contributed by atoms with Gasteiger partial charge >= 0.3 is 0 Å². The molecule has 0 saturated carbocycles. The molecule has 24 heavy (non-hydrogen) atoms. The van der Waals surface area contributed by atoms with Gasteiger partial charge in [-0.1, -0.05) is 36.4 Å². The summed E-state index contributed by atoms with van der Waals surface area (Å²) in [7, 11) is 0. The molecule has 3 rings (SSSR count). The van der Waals surface area contributed by atoms with Crippen LogP contribution in [0.15, 0.2) is 53.9 Å². The lowest BCUT2D eigenvalue weighted by atomic mass is 10.2. The summed E-state index contributed by atoms with van der Waals surface area (Å²) < 4.78 is 26.4. The van der Waals surface area contributed by atoms with E-state index in [1.54, 1.807) is 5.38 Å². The molecule has 0 radical (unpaired) electrons. The molecule has 0 aliphatic rings. The van der Waals surface area contributed by atoms with Gasteiger partial charge < -0.3 is 5.32 Å². The Morgan fingerprint density at radius 3 is 2.58 bits per heavy atom. The fraction of sp³-hybridized carbons (Fsp3) is 0.0588. The number of thiazole rings is 1. The van der Waals surface area contributed by atoms with E-state index in [4.69, 9.17) is 0 Å². The van der Waals surface area contributed by atoms with Crippen molar-refractivity contribution in [1.29, 1.82) is 0 Å². The number of aromatic nitrogens is 1. The molecule has 0 bridgehead atoms. The zero-order valence-corrected chi connectivity index (χ0v) is 14.0. The molecule has 0 fully saturated rings. The second kappa shape index (κ2) is 7.99. The lowest BCUT2D eigenvalue weighted by molar-refractivity contribution is 0.0946. The number of hydrogen-bond acceptors (Lipinski definition) is 3. The molecule has 0 aliphatic heterocycles. The summed E-state index contributed by atoms with van der Waals surface area (Å²) in [5.41, 5.74) is 1.43. The average molecular weight is 367 g/mol. The van der Waals surface area contributed by atoms with Gasteiger partial charge in [-0.3, -0.25) is 4.79 Å². The van der Waals surface area contributed by atoms with E-state index in [0.29, 0.717) is 0 Å². The van der Waals surface area contributed by atoms with Crippen LogP contribution in [0.3, 0.4) is 0 Å². The van der Waals surface area contributed by atoms with Crippen LogP contribution < -0.4 is 5.32 Å². The van der Waals surface area contributed by atoms with E-state index in [-0.39, 0.29) is 30.2 Å². The number of rotatable bonds is 4. The van der Waals surface area contributed by atoms with Crippen molar-refractivity contribution in [3.05, 3.63) is 76.8 Å². The molecule has 0 atom stereocenters. The van der Waals surface area contributed by atoms with Gasteiger partial charge in [0.2, 0.25) is 0 Å². The van der Waals surface area contributed by atoms with Gasteiger partial charge in [-0.15, -0.1) is 23.7 Å². The molecule has 3 nitrogen and oxygen atoms in total. The highest BCUT2D eigenvalue weighted by molar-refractivity contribution is 7.13. The highest BCUT2D eigenvalue weighted by Crippen LogP contribution is 2.23. The van der Waals surface area contributed by atoms with Crippen molar-refractivity contribution >= 4 is 29.7 Å². The summed E-state index contributed by atoms with van der Waals surface area (Å²) in [5, 5.41) is 4.97. The Labute approximate surface area is 147 Å². The molecule has 0 spiro atoms. The van der Waals surface area contributed by atoms with Crippen molar-refractivity contribution in [1.82, 2.24) is 10.3 Å². The Balaban J connectivity index is 0.00000208. The van der Waals surface area contributed by atoms with Gasteiger partial charge in [0, 0.05) is 29.1 Å². The fourth-order valence-electron chi connectivity index (χ4n) is 2.02. The predicted octanol–water partition coefficient (Wildman–Crippen LogP) is 4.44. The summed E-state index contributed by atoms with van der Waals surface area (Å²) in [4.78, 5) is 16.4. The summed E-state index contributed by atoms with van der Waals surface area (Å²) in [6.07, 6.45) is 0. The zero-order chi connectivity index (χ0) is 16.2. The number of benzene rings is 2. The molecule has 3 aromatic rings. The van der Waals surface area contributed by atoms with Gasteiger partial charge in [0.15, 0.2) is 0 Å². The normalized spacial score (nSPS) is 10.1. The second-order valence-corrected chi connectivity index (χ2v) is 5.68. The molecule has 2 aromatic carbocycles. The first-order chi connectivity index (χ1) is 11.1. The molecular weight excluding hydrogens is 354 g/mol. The molecular formula is C17H13ClF2N2OS. The molecule has 1 N–H and O–H groups in total. The second-order valence-electron chi connectivity index (χ2n) is 4.82. The minimum Gasteiger partial charge on any atom is -0.346 e. The maximum absolute atomic E-state index is 13.5. The maximum Gasteiger partial charge on any atom is 0.271 e. The number of nitrogens with one attached hydrogen (secondary N) is 1. The summed E-state index contributed by atoms with van der Waals surface area (Å²) in [6, 6.07) is 12.8. The predicted molar refractivity (Wildman–Crippen MR) is 92.3 cm³/mol. The molecule has 0 saturated heterocycles. The van der Waals surface area contributed by atoms with Gasteiger partial charge in [0.05, 0.1) is 0 Å². The highest BCUT2D eigenvalue weighted by Gasteiger charge is 2.12. The molecule has 1 heterocycles. The van der Waals surface area contributed by atoms with Gasteiger partial charge in [-0.25, -0.2) is 13.8 Å². The number of amides is 1. The third-order valence-electron chi connectivity index (χ3n) is 3.21. The van der Waals surface area contributed by atoms with Crippen molar-refractivity contribution in [2.45, 2.75) is 6.54 Å². The van der Waals surface area contributed by atoms with Crippen molar-refractivity contribution in [3.8, 4) is 10.6 Å². The standard InChI is InChI=1S/C17H12F2N2OS.ClH/c18-13-7-6-12(14(19)8-13)9-20-16(22)15-10-23-17(21-15)11-4-2-1-3-5-11;/h1-8,10H,9H2,(H,20,22);1H. The summed E-state index contributed by atoms with van der Waals surface area (Å²) >= 11 is 1.36. The van der Waals surface area contributed by atoms with Crippen molar-refractivity contribution in [2.24, 2.45) is 0 Å². The van der Waals surface area contributed by atoms with Gasteiger partial charge in [0.25, 0.3) is 5.91 Å². The van der Waals surface area contributed by atoms with Gasteiger partial charge in [-0.2, -0.15) is 0 Å². The number of carbonyl (C=O) groups is 1. The number of halogens is 3. The lowest BCUT2D eigenvalue weighted by Crippen LogP contribution is -2.23. The summed E-state index contributed by atoms with van der Waals surface area (Å²) in [5.74, 6) is -1.73. The van der Waals surface area contributed by atoms with Crippen LogP contribution in [0.5, 0.6) is 0 Å². The van der Waals surface area contributed by atoms with Gasteiger partial charge in [0.1, 0.15) is 22.3 Å². The van der Waals surface area contributed by atoms with Crippen molar-refractivity contribution in [3.63, 3.8) is 0 Å². The van der Waals surface area contributed by atoms with E-state index in [1.165, 1.54) is 17.4 Å². The van der Waals surface area contributed by atoms with E-state index < -0.39 is 17.5 Å². The van der Waals surface area contributed by atoms with Crippen LogP contribution in [-0.2, 0) is 6.54 Å². The maximum atomic E-state index is 13.5. The first-order valence-electron chi connectivity index (χ1n) is 6.86. The quantitative estimate of drug-likeness (QED) is 0.741. The lowest BCUT2D eigenvalue weighted by Gasteiger charge is -2.05. The largest absolute Gasteiger partial charge is 0.346 e. The average Bonchev–Trinajstić information content (AvgIpc) is 3.05. The van der Waals surface area contributed by atoms with Crippen LogP contribution in [0.1, 0.15) is 16.1 Å². The molecule has 1 amide bonds. The van der Waals surface area contributed by atoms with Crippen molar-refractivity contribution in [2.75, 3.05) is 0 Å². The number of hydrogen-bond donors (Lipinski definition) is 1. The number of nitrogens with zero attached hydrogens (tertiary/aromatic N) is 1. The van der Waals surface area contributed by atoms with Crippen LogP contribution in [0.4, 0.5) is 8.78 Å². The number of carbonyl (C=O) groups excluding carboxylic acids is 1. The molecule has 0 unspecified atom stereocenters. The Morgan fingerprint density at radius 1 is 1.12 bits per heavy atom. The van der Waals surface area contributed by atoms with Gasteiger partial charge in [-0.05, 0) is 6.07 Å². The zero-order valence-electron chi connectivity index (χ0n) is 12.3. The molecule has 124 valence electrons. The SMILES string of the molecule is Cl.O=C(NCc1ccc(F)cc1F)c1csc(-c2ccccc2)n1. The van der Waals surface area contributed by atoms with Crippen LogP contribution in [0.25, 0.3) is 10.6 Å². The Kier molecular flexibility index (Phi) is 6.00. The third-order valence-corrected chi connectivity index (χ3v) is 4.10. The first-order valence-corrected chi connectivity index (χ1v) is 7.74. The molecule has 7 heteroatoms. The molecule has 1 aromatic heterocycles. The Morgan fingerprint density at radius 2 is 1.88 bits per heavy atom. The van der Waals surface area contributed by atoms with E-state index in [2.05, 4.69) is 10.3 Å². The minimum atomic E-state index is -0.687. The monoisotopic (exact) mass is 366 g/mol. The first kappa shape index (κ1) is 18.0. The fourth-order valence-corrected chi connectivity index (χ4v) is 2.83. The molecule has 0 aliphatic carbocycles. The van der Waals surface area contributed by atoms with Crippen LogP contribution in [-0.4, -0.2) is 10.9 Å². The van der Waals surface area contributed by atoms with E-state index in [0.717, 1.165) is 22.7 Å². The van der Waals surface area contributed by atoms with Crippen LogP contribution in [0, 0.1) is 11.6 Å². The Bertz CT molecular complexity index is 840. The van der Waals surface area contributed by atoms with E-state index in [9.17, 15) is 13.6 Å². The Hall–Kier alpha value is -2.31. The van der Waals surface area contributed by atoms with E-state index >= 15 is 0 Å². The van der Waals surface area contributed by atoms with Crippen LogP contribution >= 0.6 is 23.7 Å².